The molecule has 0 aliphatic heterocycles. The van der Waals surface area contributed by atoms with Crippen molar-refractivity contribution in [3.63, 3.8) is 0 Å². The maximum absolute atomic E-state index is 11.9. The Morgan fingerprint density at radius 3 is 2.65 bits per heavy atom. The lowest BCUT2D eigenvalue weighted by molar-refractivity contribution is -0.123. The van der Waals surface area contributed by atoms with Crippen LogP contribution in [0.5, 0.6) is 0 Å². The fourth-order valence-electron chi connectivity index (χ4n) is 1.55. The van der Waals surface area contributed by atoms with Gasteiger partial charge in [-0.2, -0.15) is 0 Å². The molecule has 0 aromatic heterocycles. The van der Waals surface area contributed by atoms with Crippen molar-refractivity contribution >= 4 is 23.3 Å². The molecule has 7 heteroatoms. The van der Waals surface area contributed by atoms with Crippen LogP contribution in [-0.2, 0) is 14.3 Å². The highest BCUT2D eigenvalue weighted by atomic mass is 16.5. The number of nitrogens with two attached hydrogens (primary N) is 1. The summed E-state index contributed by atoms with van der Waals surface area (Å²) in [6.45, 7) is 0.534. The smallest absolute Gasteiger partial charge is 0.337 e. The molecule has 1 aromatic carbocycles. The molecule has 0 fully saturated rings. The molecule has 0 aliphatic rings. The summed E-state index contributed by atoms with van der Waals surface area (Å²) in [5.41, 5.74) is 6.11. The zero-order valence-corrected chi connectivity index (χ0v) is 11.5. The lowest BCUT2D eigenvalue weighted by Crippen LogP contribution is -2.31. The van der Waals surface area contributed by atoms with Gasteiger partial charge in [0.1, 0.15) is 6.61 Å². The molecule has 20 heavy (non-hydrogen) atoms. The van der Waals surface area contributed by atoms with Crippen LogP contribution in [0.25, 0.3) is 0 Å². The second-order valence-corrected chi connectivity index (χ2v) is 4.08. The van der Waals surface area contributed by atoms with Gasteiger partial charge in [0.2, 0.25) is 0 Å². The number of carboxylic acid groups (broad SMARTS) is 1. The van der Waals surface area contributed by atoms with E-state index >= 15 is 0 Å². The van der Waals surface area contributed by atoms with E-state index in [0.29, 0.717) is 18.9 Å². The molecule has 7 nitrogen and oxygen atoms in total. The number of nitrogen functional groups attached to an aromatic ring is 1. The van der Waals surface area contributed by atoms with Crippen molar-refractivity contribution in [2.45, 2.75) is 0 Å². The number of carbonyl (C=O) groups excluding carboxylic acids is 1. The zero-order chi connectivity index (χ0) is 15.1. The Morgan fingerprint density at radius 2 is 2.05 bits per heavy atom. The second kappa shape index (κ2) is 7.46. The van der Waals surface area contributed by atoms with E-state index in [9.17, 15) is 9.59 Å². The Balaban J connectivity index is 2.78. The Hall–Kier alpha value is -2.12. The van der Waals surface area contributed by atoms with Crippen molar-refractivity contribution in [1.82, 2.24) is 0 Å². The summed E-state index contributed by atoms with van der Waals surface area (Å²) in [7, 11) is 3.02. The van der Waals surface area contributed by atoms with Gasteiger partial charge in [-0.15, -0.1) is 0 Å². The average molecular weight is 282 g/mol. The summed E-state index contributed by atoms with van der Waals surface area (Å²) in [5, 5.41) is 9.13. The maximum atomic E-state index is 11.9. The predicted octanol–water partition coefficient (Wildman–Crippen LogP) is 0.593. The number of carboxylic acids is 1. The van der Waals surface area contributed by atoms with Gasteiger partial charge < -0.3 is 25.2 Å². The normalized spacial score (nSPS) is 10.3. The van der Waals surface area contributed by atoms with E-state index in [4.69, 9.17) is 20.3 Å². The summed E-state index contributed by atoms with van der Waals surface area (Å²) in [4.78, 5) is 24.3. The monoisotopic (exact) mass is 282 g/mol. The van der Waals surface area contributed by atoms with Crippen molar-refractivity contribution in [2.24, 2.45) is 0 Å². The summed E-state index contributed by atoms with van der Waals surface area (Å²) in [6.07, 6.45) is 0. The standard InChI is InChI=1S/C13H18N2O5/c1-15(12(16)8-20-6-5-19-2)11-4-3-9(14)7-10(11)13(17)18/h3-4,7H,5-6,8,14H2,1-2H3,(H,17,18). The molecule has 0 radical (unpaired) electrons. The lowest BCUT2D eigenvalue weighted by atomic mass is 10.1. The number of hydrogen-bond donors (Lipinski definition) is 2. The van der Waals surface area contributed by atoms with Crippen molar-refractivity contribution in [3.8, 4) is 0 Å². The van der Waals surface area contributed by atoms with Crippen LogP contribution in [0.4, 0.5) is 11.4 Å². The minimum atomic E-state index is -1.15. The average Bonchev–Trinajstić information content (AvgIpc) is 2.42. The number of anilines is 2. The SMILES string of the molecule is COCCOCC(=O)N(C)c1ccc(N)cc1C(=O)O. The molecule has 0 aliphatic carbocycles. The van der Waals surface area contributed by atoms with Crippen LogP contribution in [0.1, 0.15) is 10.4 Å². The minimum Gasteiger partial charge on any atom is -0.478 e. The van der Waals surface area contributed by atoms with Crippen LogP contribution in [0, 0.1) is 0 Å². The fourth-order valence-corrected chi connectivity index (χ4v) is 1.55. The van der Waals surface area contributed by atoms with Gasteiger partial charge in [0.05, 0.1) is 24.5 Å². The fraction of sp³-hybridized carbons (Fsp3) is 0.385. The first-order valence-electron chi connectivity index (χ1n) is 5.93. The molecule has 0 saturated heterocycles. The molecule has 0 spiro atoms. The third kappa shape index (κ3) is 4.22. The highest BCUT2D eigenvalue weighted by Crippen LogP contribution is 2.22. The van der Waals surface area contributed by atoms with Gasteiger partial charge in [0.25, 0.3) is 5.91 Å². The van der Waals surface area contributed by atoms with Gasteiger partial charge in [-0.25, -0.2) is 4.79 Å². The van der Waals surface area contributed by atoms with Crippen molar-refractivity contribution in [3.05, 3.63) is 23.8 Å². The van der Waals surface area contributed by atoms with Gasteiger partial charge >= 0.3 is 5.97 Å². The molecule has 110 valence electrons. The van der Waals surface area contributed by atoms with E-state index in [-0.39, 0.29) is 23.8 Å². The number of amides is 1. The Bertz CT molecular complexity index is 490. The van der Waals surface area contributed by atoms with E-state index in [0.717, 1.165) is 0 Å². The molecule has 1 rings (SSSR count). The largest absolute Gasteiger partial charge is 0.478 e. The number of benzene rings is 1. The van der Waals surface area contributed by atoms with Crippen LogP contribution in [0.2, 0.25) is 0 Å². The molecule has 0 atom stereocenters. The first-order chi connectivity index (χ1) is 9.47. The molecule has 0 unspecified atom stereocenters. The molecular weight excluding hydrogens is 264 g/mol. The third-order valence-corrected chi connectivity index (χ3v) is 2.64. The predicted molar refractivity (Wildman–Crippen MR) is 73.9 cm³/mol. The molecule has 0 heterocycles. The third-order valence-electron chi connectivity index (χ3n) is 2.64. The maximum Gasteiger partial charge on any atom is 0.337 e. The first kappa shape index (κ1) is 15.9. The van der Waals surface area contributed by atoms with E-state index in [1.807, 2.05) is 0 Å². The number of likely N-dealkylation sites (N-methyl/N-ethyl adjacent to an activating group) is 1. The topological polar surface area (TPSA) is 102 Å². The number of carbonyl (C=O) groups is 2. The van der Waals surface area contributed by atoms with E-state index in [1.54, 1.807) is 0 Å². The van der Waals surface area contributed by atoms with E-state index in [2.05, 4.69) is 0 Å². The van der Waals surface area contributed by atoms with Crippen LogP contribution in [0.3, 0.4) is 0 Å². The highest BCUT2D eigenvalue weighted by molar-refractivity contribution is 6.02. The van der Waals surface area contributed by atoms with Crippen LogP contribution < -0.4 is 10.6 Å². The summed E-state index contributed by atoms with van der Waals surface area (Å²) in [6, 6.07) is 4.34. The van der Waals surface area contributed by atoms with Crippen molar-refractivity contribution in [1.29, 1.82) is 0 Å². The molecule has 0 saturated carbocycles. The number of methoxy groups -OCH3 is 1. The van der Waals surface area contributed by atoms with Gasteiger partial charge in [-0.05, 0) is 18.2 Å². The highest BCUT2D eigenvalue weighted by Gasteiger charge is 2.18. The van der Waals surface area contributed by atoms with E-state index < -0.39 is 5.97 Å². The number of rotatable bonds is 7. The van der Waals surface area contributed by atoms with Crippen LogP contribution >= 0.6 is 0 Å². The molecule has 1 amide bonds. The minimum absolute atomic E-state index is 0.0299. The van der Waals surface area contributed by atoms with Gasteiger partial charge in [-0.1, -0.05) is 0 Å². The molecule has 0 bridgehead atoms. The number of ether oxygens (including phenoxy) is 2. The van der Waals surface area contributed by atoms with Gasteiger partial charge in [0.15, 0.2) is 0 Å². The Morgan fingerprint density at radius 1 is 1.35 bits per heavy atom. The van der Waals surface area contributed by atoms with Crippen LogP contribution in [0.15, 0.2) is 18.2 Å². The van der Waals surface area contributed by atoms with Crippen molar-refractivity contribution < 1.29 is 24.2 Å². The zero-order valence-electron chi connectivity index (χ0n) is 11.5. The lowest BCUT2D eigenvalue weighted by Gasteiger charge is -2.19. The number of nitrogens with zero attached hydrogens (tertiary/aromatic N) is 1. The van der Waals surface area contributed by atoms with Gasteiger partial charge in [-0.3, -0.25) is 4.79 Å². The van der Waals surface area contributed by atoms with E-state index in [1.165, 1.54) is 37.3 Å². The summed E-state index contributed by atoms with van der Waals surface area (Å²) in [5.74, 6) is -1.50. The molecule has 3 N–H and O–H groups in total. The quantitative estimate of drug-likeness (QED) is 0.560. The first-order valence-corrected chi connectivity index (χ1v) is 5.93. The molecular formula is C13H18N2O5. The summed E-state index contributed by atoms with van der Waals surface area (Å²) >= 11 is 0. The Labute approximate surface area is 116 Å². The summed E-state index contributed by atoms with van der Waals surface area (Å²) < 4.78 is 9.91. The number of aromatic carboxylic acids is 1. The van der Waals surface area contributed by atoms with Crippen molar-refractivity contribution in [2.75, 3.05) is 44.6 Å². The Kier molecular flexibility index (Phi) is 5.95. The molecule has 1 aromatic rings. The van der Waals surface area contributed by atoms with Crippen LogP contribution in [-0.4, -0.2) is 51.0 Å². The second-order valence-electron chi connectivity index (χ2n) is 4.08. The van der Waals surface area contributed by atoms with Gasteiger partial charge in [0, 0.05) is 19.8 Å². The number of hydrogen-bond acceptors (Lipinski definition) is 5.